The van der Waals surface area contributed by atoms with Crippen LogP contribution in [0.3, 0.4) is 0 Å². The van der Waals surface area contributed by atoms with Gasteiger partial charge in [-0.15, -0.1) is 0 Å². The highest BCUT2D eigenvalue weighted by atomic mass is 16.5. The maximum absolute atomic E-state index is 5.18. The second-order valence-corrected chi connectivity index (χ2v) is 5.98. The van der Waals surface area contributed by atoms with Crippen molar-refractivity contribution < 1.29 is 4.74 Å². The summed E-state index contributed by atoms with van der Waals surface area (Å²) in [5.74, 6) is 1.70. The largest absolute Gasteiger partial charge is 0.380 e. The Morgan fingerprint density at radius 2 is 2.23 bits per heavy atom. The number of fused-ring (bicyclic) bond motifs is 1. The van der Waals surface area contributed by atoms with Crippen LogP contribution in [0.1, 0.15) is 16.8 Å². The minimum atomic E-state index is 0.564. The molecule has 0 aliphatic carbocycles. The average molecular weight is 300 g/mol. The molecule has 2 heterocycles. The van der Waals surface area contributed by atoms with Gasteiger partial charge >= 0.3 is 0 Å². The van der Waals surface area contributed by atoms with Crippen molar-refractivity contribution in [2.24, 2.45) is 5.92 Å². The summed E-state index contributed by atoms with van der Waals surface area (Å²) in [7, 11) is 1.73. The van der Waals surface area contributed by atoms with Crippen LogP contribution in [0.5, 0.6) is 0 Å². The van der Waals surface area contributed by atoms with Gasteiger partial charge in [-0.3, -0.25) is 0 Å². The molecule has 3 rings (SSSR count). The highest BCUT2D eigenvalue weighted by Crippen LogP contribution is 2.18. The third kappa shape index (κ3) is 3.67. The fourth-order valence-electron chi connectivity index (χ4n) is 2.94. The number of nitrogens with zero attached hydrogens (tertiary/aromatic N) is 2. The highest BCUT2D eigenvalue weighted by Gasteiger charge is 2.18. The van der Waals surface area contributed by atoms with Crippen molar-refractivity contribution in [2.45, 2.75) is 26.6 Å². The quantitative estimate of drug-likeness (QED) is 0.858. The molecular formula is C17H24N4O. The van der Waals surface area contributed by atoms with Crippen molar-refractivity contribution in [3.8, 4) is 0 Å². The van der Waals surface area contributed by atoms with Crippen molar-refractivity contribution in [3.05, 3.63) is 47.2 Å². The van der Waals surface area contributed by atoms with E-state index in [4.69, 9.17) is 4.74 Å². The van der Waals surface area contributed by atoms with Crippen LogP contribution in [-0.4, -0.2) is 30.0 Å². The van der Waals surface area contributed by atoms with E-state index in [-0.39, 0.29) is 0 Å². The lowest BCUT2D eigenvalue weighted by Gasteiger charge is -2.25. The predicted molar refractivity (Wildman–Crippen MR) is 87.8 cm³/mol. The maximum Gasteiger partial charge on any atom is 0.124 e. The van der Waals surface area contributed by atoms with E-state index in [1.807, 2.05) is 6.92 Å². The van der Waals surface area contributed by atoms with E-state index in [0.717, 1.165) is 37.7 Å². The molecule has 22 heavy (non-hydrogen) atoms. The normalized spacial score (nSPS) is 17.1. The first-order valence-electron chi connectivity index (χ1n) is 7.80. The van der Waals surface area contributed by atoms with Gasteiger partial charge in [0.2, 0.25) is 0 Å². The van der Waals surface area contributed by atoms with Crippen molar-refractivity contribution in [3.63, 3.8) is 0 Å². The van der Waals surface area contributed by atoms with Crippen LogP contribution in [-0.2, 0) is 24.4 Å². The minimum Gasteiger partial charge on any atom is -0.380 e. The third-order valence-corrected chi connectivity index (χ3v) is 3.97. The minimum absolute atomic E-state index is 0.564. The van der Waals surface area contributed by atoms with Crippen LogP contribution in [0, 0.1) is 12.8 Å². The maximum atomic E-state index is 5.18. The Morgan fingerprint density at radius 1 is 1.36 bits per heavy atom. The van der Waals surface area contributed by atoms with Gasteiger partial charge in [-0.25, -0.2) is 4.68 Å². The molecule has 2 aromatic rings. The lowest BCUT2D eigenvalue weighted by Crippen LogP contribution is -2.35. The summed E-state index contributed by atoms with van der Waals surface area (Å²) in [5.41, 5.74) is 3.60. The van der Waals surface area contributed by atoms with Crippen molar-refractivity contribution >= 4 is 5.82 Å². The molecule has 1 aliphatic rings. The van der Waals surface area contributed by atoms with E-state index in [2.05, 4.69) is 50.7 Å². The Kier molecular flexibility index (Phi) is 4.75. The molecule has 5 nitrogen and oxygen atoms in total. The van der Waals surface area contributed by atoms with E-state index in [1.54, 1.807) is 7.11 Å². The van der Waals surface area contributed by atoms with Crippen LogP contribution < -0.4 is 10.6 Å². The van der Waals surface area contributed by atoms with Crippen molar-refractivity contribution in [2.75, 3.05) is 25.5 Å². The Balaban J connectivity index is 1.48. The predicted octanol–water partition coefficient (Wildman–Crippen LogP) is 2.17. The average Bonchev–Trinajstić information content (AvgIpc) is 2.87. The molecule has 0 saturated heterocycles. The number of rotatable bonds is 6. The summed E-state index contributed by atoms with van der Waals surface area (Å²) >= 11 is 0. The summed E-state index contributed by atoms with van der Waals surface area (Å²) in [6.07, 6.45) is 0. The van der Waals surface area contributed by atoms with Gasteiger partial charge in [-0.05, 0) is 18.1 Å². The standard InChI is InChI=1S/C17H24N4O/c1-13-6-17-19-10-16(11-21(17)20-13)9-18-8-14-4-3-5-15(7-14)12-22-2/h3-7,16,18-19H,8-12H2,1-2H3. The Hall–Kier alpha value is -1.85. The third-order valence-electron chi connectivity index (χ3n) is 3.97. The van der Waals surface area contributed by atoms with Crippen LogP contribution in [0.25, 0.3) is 0 Å². The Labute approximate surface area is 131 Å². The molecule has 0 radical (unpaired) electrons. The Bertz CT molecular complexity index is 623. The second-order valence-electron chi connectivity index (χ2n) is 5.98. The SMILES string of the molecule is COCc1cccc(CNCC2CNc3cc(C)nn3C2)c1. The fourth-order valence-corrected chi connectivity index (χ4v) is 2.94. The molecule has 0 amide bonds. The second kappa shape index (κ2) is 6.94. The first kappa shape index (κ1) is 15.1. The van der Waals surface area contributed by atoms with Gasteiger partial charge < -0.3 is 15.4 Å². The highest BCUT2D eigenvalue weighted by molar-refractivity contribution is 5.38. The topological polar surface area (TPSA) is 51.1 Å². The number of methoxy groups -OCH3 is 1. The van der Waals surface area contributed by atoms with Crippen LogP contribution in [0.2, 0.25) is 0 Å². The van der Waals surface area contributed by atoms with Gasteiger partial charge in [-0.2, -0.15) is 5.10 Å². The molecule has 0 fully saturated rings. The molecular weight excluding hydrogens is 276 g/mol. The molecule has 0 saturated carbocycles. The smallest absolute Gasteiger partial charge is 0.124 e. The summed E-state index contributed by atoms with van der Waals surface area (Å²) < 4.78 is 7.25. The zero-order valence-electron chi connectivity index (χ0n) is 13.3. The van der Waals surface area contributed by atoms with Crippen molar-refractivity contribution in [1.29, 1.82) is 0 Å². The van der Waals surface area contributed by atoms with Gasteiger partial charge in [0.25, 0.3) is 0 Å². The number of ether oxygens (including phenoxy) is 1. The first-order valence-corrected chi connectivity index (χ1v) is 7.80. The number of aromatic nitrogens is 2. The van der Waals surface area contributed by atoms with E-state index in [1.165, 1.54) is 11.1 Å². The first-order chi connectivity index (χ1) is 10.7. The number of anilines is 1. The molecule has 1 aliphatic heterocycles. The molecule has 0 spiro atoms. The van der Waals surface area contributed by atoms with Gasteiger partial charge in [0, 0.05) is 45.3 Å². The zero-order chi connectivity index (χ0) is 15.4. The summed E-state index contributed by atoms with van der Waals surface area (Å²) in [4.78, 5) is 0. The number of hydrogen-bond acceptors (Lipinski definition) is 4. The molecule has 1 unspecified atom stereocenters. The van der Waals surface area contributed by atoms with E-state index in [9.17, 15) is 0 Å². The fraction of sp³-hybridized carbons (Fsp3) is 0.471. The molecule has 2 N–H and O–H groups in total. The molecule has 1 aromatic carbocycles. The number of aryl methyl sites for hydroxylation is 1. The van der Waals surface area contributed by atoms with Gasteiger partial charge in [0.15, 0.2) is 0 Å². The number of benzene rings is 1. The van der Waals surface area contributed by atoms with Crippen LogP contribution >= 0.6 is 0 Å². The number of nitrogens with one attached hydrogen (secondary N) is 2. The molecule has 118 valence electrons. The lowest BCUT2D eigenvalue weighted by atomic mass is 10.1. The van der Waals surface area contributed by atoms with Crippen LogP contribution in [0.15, 0.2) is 30.3 Å². The Morgan fingerprint density at radius 3 is 3.09 bits per heavy atom. The zero-order valence-corrected chi connectivity index (χ0v) is 13.3. The summed E-state index contributed by atoms with van der Waals surface area (Å²) in [5, 5.41) is 11.5. The van der Waals surface area contributed by atoms with Gasteiger partial charge in [-0.1, -0.05) is 24.3 Å². The molecule has 1 aromatic heterocycles. The van der Waals surface area contributed by atoms with Gasteiger partial charge in [0.05, 0.1) is 12.3 Å². The molecule has 1 atom stereocenters. The van der Waals surface area contributed by atoms with Gasteiger partial charge in [0.1, 0.15) is 5.82 Å². The molecule has 0 bridgehead atoms. The monoisotopic (exact) mass is 300 g/mol. The van der Waals surface area contributed by atoms with E-state index < -0.39 is 0 Å². The van der Waals surface area contributed by atoms with Crippen molar-refractivity contribution in [1.82, 2.24) is 15.1 Å². The summed E-state index contributed by atoms with van der Waals surface area (Å²) in [6.45, 7) is 6.56. The van der Waals surface area contributed by atoms with E-state index >= 15 is 0 Å². The van der Waals surface area contributed by atoms with Crippen LogP contribution in [0.4, 0.5) is 5.82 Å². The summed E-state index contributed by atoms with van der Waals surface area (Å²) in [6, 6.07) is 10.6. The lowest BCUT2D eigenvalue weighted by molar-refractivity contribution is 0.185. The molecule has 5 heteroatoms. The number of hydrogen-bond donors (Lipinski definition) is 2. The van der Waals surface area contributed by atoms with E-state index in [0.29, 0.717) is 12.5 Å².